The Morgan fingerprint density at radius 3 is 2.90 bits per heavy atom. The Hall–Kier alpha value is -1.72. The van der Waals surface area contributed by atoms with E-state index >= 15 is 0 Å². The first kappa shape index (κ1) is 15.7. The summed E-state index contributed by atoms with van der Waals surface area (Å²) < 4.78 is 7.31. The Morgan fingerprint density at radius 1 is 1.43 bits per heavy atom. The van der Waals surface area contributed by atoms with Gasteiger partial charge < -0.3 is 15.2 Å². The maximum atomic E-state index is 8.85. The molecule has 0 spiro atoms. The fourth-order valence-corrected chi connectivity index (χ4v) is 2.11. The molecule has 0 unspecified atom stereocenters. The summed E-state index contributed by atoms with van der Waals surface area (Å²) in [7, 11) is 0. The minimum atomic E-state index is 0.0848. The predicted molar refractivity (Wildman–Crippen MR) is 83.9 cm³/mol. The molecule has 114 valence electrons. The van der Waals surface area contributed by atoms with Crippen LogP contribution in [-0.4, -0.2) is 27.6 Å². The summed E-state index contributed by atoms with van der Waals surface area (Å²) in [5.74, 6) is 0.688. The third kappa shape index (κ3) is 4.65. The van der Waals surface area contributed by atoms with Gasteiger partial charge in [0.25, 0.3) is 0 Å². The number of halogens is 1. The van der Waals surface area contributed by atoms with Gasteiger partial charge in [-0.15, -0.1) is 0 Å². The van der Waals surface area contributed by atoms with Crippen LogP contribution < -0.4 is 10.1 Å². The van der Waals surface area contributed by atoms with Crippen molar-refractivity contribution in [2.75, 3.05) is 11.9 Å². The van der Waals surface area contributed by atoms with Crippen LogP contribution in [0.1, 0.15) is 19.4 Å². The topological polar surface area (TPSA) is 59.3 Å². The molecule has 1 aromatic carbocycles. The molecule has 0 saturated heterocycles. The number of hydrogen-bond acceptors (Lipinski definition) is 4. The lowest BCUT2D eigenvalue weighted by Crippen LogP contribution is -2.06. The monoisotopic (exact) mass is 309 g/mol. The number of aromatic nitrogens is 2. The number of nitrogens with zero attached hydrogens (tertiary/aromatic N) is 2. The Morgan fingerprint density at radius 2 is 2.24 bits per heavy atom. The summed E-state index contributed by atoms with van der Waals surface area (Å²) in [5.41, 5.74) is 1.97. The molecule has 2 rings (SSSR count). The quantitative estimate of drug-likeness (QED) is 0.825. The first-order valence-electron chi connectivity index (χ1n) is 6.90. The molecule has 0 aliphatic heterocycles. The van der Waals surface area contributed by atoms with E-state index in [1.54, 1.807) is 10.9 Å². The Bertz CT molecular complexity index is 584. The smallest absolute Gasteiger partial charge is 0.138 e. The SMILES string of the molecule is CC(C)Oc1ccc(NCc2cnn(CCO)c2)cc1Cl. The van der Waals surface area contributed by atoms with E-state index in [0.29, 0.717) is 23.9 Å². The number of ether oxygens (including phenoxy) is 1. The number of benzene rings is 1. The number of nitrogens with one attached hydrogen (secondary N) is 1. The van der Waals surface area contributed by atoms with Crippen LogP contribution in [-0.2, 0) is 13.1 Å². The maximum absolute atomic E-state index is 8.85. The molecule has 1 aromatic heterocycles. The summed E-state index contributed by atoms with van der Waals surface area (Å²) in [4.78, 5) is 0. The van der Waals surface area contributed by atoms with Crippen LogP contribution >= 0.6 is 11.6 Å². The first-order valence-corrected chi connectivity index (χ1v) is 7.28. The van der Waals surface area contributed by atoms with Crippen molar-refractivity contribution < 1.29 is 9.84 Å². The lowest BCUT2D eigenvalue weighted by molar-refractivity contribution is 0.242. The number of rotatable bonds is 7. The lowest BCUT2D eigenvalue weighted by Gasteiger charge is -2.12. The van der Waals surface area contributed by atoms with Crippen LogP contribution in [0.3, 0.4) is 0 Å². The van der Waals surface area contributed by atoms with E-state index in [0.717, 1.165) is 11.3 Å². The van der Waals surface area contributed by atoms with E-state index in [-0.39, 0.29) is 12.7 Å². The molecule has 0 fully saturated rings. The Kier molecular flexibility index (Phi) is 5.47. The molecule has 21 heavy (non-hydrogen) atoms. The van der Waals surface area contributed by atoms with Crippen LogP contribution in [0.15, 0.2) is 30.6 Å². The summed E-state index contributed by atoms with van der Waals surface area (Å²) in [6.45, 7) is 5.17. The molecule has 1 heterocycles. The van der Waals surface area contributed by atoms with Crippen molar-refractivity contribution in [1.29, 1.82) is 0 Å². The second kappa shape index (κ2) is 7.33. The van der Waals surface area contributed by atoms with Crippen LogP contribution in [0.2, 0.25) is 5.02 Å². The zero-order valence-electron chi connectivity index (χ0n) is 12.2. The third-order valence-electron chi connectivity index (χ3n) is 2.81. The standard InChI is InChI=1S/C15H20ClN3O2/c1-11(2)21-15-4-3-13(7-14(15)16)17-8-12-9-18-19(10-12)5-6-20/h3-4,7,9-11,17,20H,5-6,8H2,1-2H3. The van der Waals surface area contributed by atoms with E-state index in [9.17, 15) is 0 Å². The molecule has 0 bridgehead atoms. The fraction of sp³-hybridized carbons (Fsp3) is 0.400. The van der Waals surface area contributed by atoms with Crippen molar-refractivity contribution in [3.05, 3.63) is 41.2 Å². The van der Waals surface area contributed by atoms with E-state index < -0.39 is 0 Å². The average molecular weight is 310 g/mol. The van der Waals surface area contributed by atoms with Crippen molar-refractivity contribution in [2.45, 2.75) is 33.0 Å². The van der Waals surface area contributed by atoms with E-state index in [2.05, 4.69) is 10.4 Å². The van der Waals surface area contributed by atoms with Crippen molar-refractivity contribution in [3.8, 4) is 5.75 Å². The van der Waals surface area contributed by atoms with Gasteiger partial charge >= 0.3 is 0 Å². The highest BCUT2D eigenvalue weighted by molar-refractivity contribution is 6.32. The van der Waals surface area contributed by atoms with E-state index in [4.69, 9.17) is 21.4 Å². The van der Waals surface area contributed by atoms with Gasteiger partial charge in [-0.2, -0.15) is 5.10 Å². The van der Waals surface area contributed by atoms with Crippen LogP contribution in [0, 0.1) is 0 Å². The highest BCUT2D eigenvalue weighted by Gasteiger charge is 2.05. The Labute approximate surface area is 129 Å². The van der Waals surface area contributed by atoms with E-state index in [1.165, 1.54) is 0 Å². The van der Waals surface area contributed by atoms with Crippen molar-refractivity contribution in [1.82, 2.24) is 9.78 Å². The van der Waals surface area contributed by atoms with Crippen molar-refractivity contribution >= 4 is 17.3 Å². The average Bonchev–Trinajstić information content (AvgIpc) is 2.87. The molecule has 0 aliphatic carbocycles. The molecule has 0 amide bonds. The fourth-order valence-electron chi connectivity index (χ4n) is 1.89. The molecular formula is C15H20ClN3O2. The molecular weight excluding hydrogens is 290 g/mol. The lowest BCUT2D eigenvalue weighted by atomic mass is 10.2. The van der Waals surface area contributed by atoms with Crippen molar-refractivity contribution in [3.63, 3.8) is 0 Å². The predicted octanol–water partition coefficient (Wildman–Crippen LogP) is 2.93. The summed E-state index contributed by atoms with van der Waals surface area (Å²) in [6, 6.07) is 5.64. The minimum Gasteiger partial charge on any atom is -0.489 e. The molecule has 5 nitrogen and oxygen atoms in total. The normalized spacial score (nSPS) is 10.9. The molecule has 2 N–H and O–H groups in total. The van der Waals surface area contributed by atoms with Gasteiger partial charge in [0.1, 0.15) is 5.75 Å². The first-order chi connectivity index (χ1) is 10.1. The number of aliphatic hydroxyl groups excluding tert-OH is 1. The highest BCUT2D eigenvalue weighted by atomic mass is 35.5. The van der Waals surface area contributed by atoms with Gasteiger partial charge in [-0.3, -0.25) is 4.68 Å². The van der Waals surface area contributed by atoms with Crippen LogP contribution in [0.4, 0.5) is 5.69 Å². The molecule has 0 radical (unpaired) electrons. The zero-order chi connectivity index (χ0) is 15.2. The van der Waals surface area contributed by atoms with Gasteiger partial charge in [-0.1, -0.05) is 11.6 Å². The summed E-state index contributed by atoms with van der Waals surface area (Å²) in [5, 5.41) is 16.9. The molecule has 0 aliphatic rings. The third-order valence-corrected chi connectivity index (χ3v) is 3.10. The van der Waals surface area contributed by atoms with Crippen molar-refractivity contribution in [2.24, 2.45) is 0 Å². The van der Waals surface area contributed by atoms with Crippen LogP contribution in [0.5, 0.6) is 5.75 Å². The second-order valence-corrected chi connectivity index (χ2v) is 5.41. The van der Waals surface area contributed by atoms with Gasteiger partial charge in [0.05, 0.1) is 30.5 Å². The van der Waals surface area contributed by atoms with Gasteiger partial charge in [0, 0.05) is 24.0 Å². The molecule has 0 saturated carbocycles. The zero-order valence-corrected chi connectivity index (χ0v) is 13.0. The summed E-state index contributed by atoms with van der Waals surface area (Å²) in [6.07, 6.45) is 3.78. The van der Waals surface area contributed by atoms with Gasteiger partial charge in [0.15, 0.2) is 0 Å². The number of aliphatic hydroxyl groups is 1. The second-order valence-electron chi connectivity index (χ2n) is 5.00. The van der Waals surface area contributed by atoms with Gasteiger partial charge in [0.2, 0.25) is 0 Å². The largest absolute Gasteiger partial charge is 0.489 e. The van der Waals surface area contributed by atoms with E-state index in [1.807, 2.05) is 38.2 Å². The highest BCUT2D eigenvalue weighted by Crippen LogP contribution is 2.28. The van der Waals surface area contributed by atoms with Gasteiger partial charge in [-0.25, -0.2) is 0 Å². The number of hydrogen-bond donors (Lipinski definition) is 2. The van der Waals surface area contributed by atoms with Gasteiger partial charge in [-0.05, 0) is 32.0 Å². The minimum absolute atomic E-state index is 0.0848. The summed E-state index contributed by atoms with van der Waals surface area (Å²) >= 11 is 6.19. The Balaban J connectivity index is 1.94. The molecule has 0 atom stereocenters. The number of anilines is 1. The van der Waals surface area contributed by atoms with Crippen LogP contribution in [0.25, 0.3) is 0 Å². The molecule has 2 aromatic rings. The molecule has 6 heteroatoms. The maximum Gasteiger partial charge on any atom is 0.138 e.